The summed E-state index contributed by atoms with van der Waals surface area (Å²) in [5, 5.41) is 18.9. The molecule has 0 saturated heterocycles. The number of hydrogen-bond acceptors (Lipinski definition) is 6. The summed E-state index contributed by atoms with van der Waals surface area (Å²) in [6.45, 7) is 3.17. The molecule has 0 saturated carbocycles. The Hall–Kier alpha value is -3.39. The van der Waals surface area contributed by atoms with Gasteiger partial charge in [-0.25, -0.2) is 9.67 Å². The third kappa shape index (κ3) is 3.67. The molecule has 8 heteroatoms. The standard InChI is InChI=1S/C20H22N8/c1-2-5-19-22-18(12-21)25-28(19)13-14-8-10-15(11-9-14)16-6-3-4-7-17(16)20-23-26-27-24-20/h3-4,6-11H,2,5,12-13,21H2,1H3,(H,23,24,26,27). The minimum absolute atomic E-state index is 0.357. The van der Waals surface area contributed by atoms with Crippen molar-refractivity contribution in [3.63, 3.8) is 0 Å². The van der Waals surface area contributed by atoms with Crippen molar-refractivity contribution in [2.45, 2.75) is 32.9 Å². The maximum atomic E-state index is 5.70. The summed E-state index contributed by atoms with van der Waals surface area (Å²) in [6, 6.07) is 16.5. The molecule has 0 atom stereocenters. The third-order valence-corrected chi connectivity index (χ3v) is 4.56. The average Bonchev–Trinajstić information content (AvgIpc) is 3.39. The Morgan fingerprint density at radius 1 is 1.04 bits per heavy atom. The van der Waals surface area contributed by atoms with E-state index in [1.165, 1.54) is 0 Å². The van der Waals surface area contributed by atoms with Crippen LogP contribution in [0.1, 0.15) is 30.6 Å². The Morgan fingerprint density at radius 2 is 1.82 bits per heavy atom. The number of H-pyrrole nitrogens is 1. The number of rotatable bonds is 7. The molecule has 2 aromatic carbocycles. The van der Waals surface area contributed by atoms with Crippen LogP contribution in [-0.2, 0) is 19.5 Å². The quantitative estimate of drug-likeness (QED) is 0.514. The van der Waals surface area contributed by atoms with Crippen molar-refractivity contribution in [2.75, 3.05) is 0 Å². The second-order valence-electron chi connectivity index (χ2n) is 6.53. The highest BCUT2D eigenvalue weighted by Gasteiger charge is 2.12. The average molecular weight is 374 g/mol. The van der Waals surface area contributed by atoms with E-state index in [0.29, 0.717) is 24.7 Å². The molecule has 0 fully saturated rings. The molecule has 0 unspecified atom stereocenters. The van der Waals surface area contributed by atoms with Gasteiger partial charge in [0.15, 0.2) is 5.82 Å². The number of aromatic nitrogens is 7. The Bertz CT molecular complexity index is 1030. The molecule has 28 heavy (non-hydrogen) atoms. The lowest BCUT2D eigenvalue weighted by Gasteiger charge is -2.09. The van der Waals surface area contributed by atoms with Crippen LogP contribution in [0.25, 0.3) is 22.5 Å². The molecule has 0 bridgehead atoms. The van der Waals surface area contributed by atoms with E-state index in [9.17, 15) is 0 Å². The van der Waals surface area contributed by atoms with Gasteiger partial charge < -0.3 is 5.73 Å². The molecule has 0 aliphatic rings. The second kappa shape index (κ2) is 8.10. The van der Waals surface area contributed by atoms with E-state index >= 15 is 0 Å². The van der Waals surface area contributed by atoms with Crippen molar-refractivity contribution >= 4 is 0 Å². The van der Waals surface area contributed by atoms with Gasteiger partial charge in [-0.05, 0) is 28.3 Å². The summed E-state index contributed by atoms with van der Waals surface area (Å²) in [6.07, 6.45) is 1.91. The van der Waals surface area contributed by atoms with E-state index in [1.807, 2.05) is 22.9 Å². The molecular formula is C20H22N8. The van der Waals surface area contributed by atoms with Gasteiger partial charge in [0.05, 0.1) is 13.1 Å². The van der Waals surface area contributed by atoms with E-state index in [4.69, 9.17) is 5.73 Å². The number of nitrogens with one attached hydrogen (secondary N) is 1. The van der Waals surface area contributed by atoms with Crippen LogP contribution >= 0.6 is 0 Å². The van der Waals surface area contributed by atoms with Gasteiger partial charge in [-0.3, -0.25) is 0 Å². The van der Waals surface area contributed by atoms with Crippen molar-refractivity contribution in [1.29, 1.82) is 0 Å². The predicted octanol–water partition coefficient (Wildman–Crippen LogP) is 2.58. The molecule has 3 N–H and O–H groups in total. The first-order valence-corrected chi connectivity index (χ1v) is 9.33. The fraction of sp³-hybridized carbons (Fsp3) is 0.250. The van der Waals surface area contributed by atoms with Gasteiger partial charge >= 0.3 is 0 Å². The van der Waals surface area contributed by atoms with E-state index < -0.39 is 0 Å². The largest absolute Gasteiger partial charge is 0.324 e. The van der Waals surface area contributed by atoms with Gasteiger partial charge in [0.1, 0.15) is 5.82 Å². The lowest BCUT2D eigenvalue weighted by Crippen LogP contribution is -2.07. The molecule has 4 rings (SSSR count). The van der Waals surface area contributed by atoms with E-state index in [0.717, 1.165) is 40.9 Å². The highest BCUT2D eigenvalue weighted by atomic mass is 15.5. The first-order chi connectivity index (χ1) is 13.8. The van der Waals surface area contributed by atoms with Crippen LogP contribution in [0.3, 0.4) is 0 Å². The second-order valence-corrected chi connectivity index (χ2v) is 6.53. The lowest BCUT2D eigenvalue weighted by atomic mass is 9.98. The summed E-state index contributed by atoms with van der Waals surface area (Å²) in [5.74, 6) is 2.25. The summed E-state index contributed by atoms with van der Waals surface area (Å²) >= 11 is 0. The molecule has 0 spiro atoms. The molecular weight excluding hydrogens is 352 g/mol. The SMILES string of the molecule is CCCc1nc(CN)nn1Cc1ccc(-c2ccccc2-c2nn[nH]n2)cc1. The van der Waals surface area contributed by atoms with Crippen molar-refractivity contribution in [3.8, 4) is 22.5 Å². The van der Waals surface area contributed by atoms with Crippen LogP contribution < -0.4 is 5.73 Å². The Balaban J connectivity index is 1.60. The molecule has 0 radical (unpaired) electrons. The fourth-order valence-electron chi connectivity index (χ4n) is 3.22. The zero-order valence-corrected chi connectivity index (χ0v) is 15.7. The molecule has 2 heterocycles. The van der Waals surface area contributed by atoms with Crippen LogP contribution in [0.2, 0.25) is 0 Å². The van der Waals surface area contributed by atoms with E-state index in [2.05, 4.69) is 68.0 Å². The number of nitrogens with two attached hydrogens (primary N) is 1. The van der Waals surface area contributed by atoms with Gasteiger partial charge in [0.25, 0.3) is 0 Å². The molecule has 2 aromatic heterocycles. The number of benzene rings is 2. The minimum Gasteiger partial charge on any atom is -0.324 e. The monoisotopic (exact) mass is 374 g/mol. The zero-order valence-electron chi connectivity index (χ0n) is 15.7. The smallest absolute Gasteiger partial charge is 0.205 e. The van der Waals surface area contributed by atoms with Crippen LogP contribution in [-0.4, -0.2) is 35.4 Å². The first kappa shape index (κ1) is 18.0. The summed E-state index contributed by atoms with van der Waals surface area (Å²) in [4.78, 5) is 4.52. The molecule has 0 aliphatic carbocycles. The normalized spacial score (nSPS) is 11.1. The van der Waals surface area contributed by atoms with Gasteiger partial charge in [0.2, 0.25) is 5.82 Å². The third-order valence-electron chi connectivity index (χ3n) is 4.56. The summed E-state index contributed by atoms with van der Waals surface area (Å²) < 4.78 is 1.95. The van der Waals surface area contributed by atoms with Gasteiger partial charge in [-0.2, -0.15) is 10.3 Å². The van der Waals surface area contributed by atoms with Crippen molar-refractivity contribution in [3.05, 3.63) is 65.7 Å². The van der Waals surface area contributed by atoms with E-state index in [1.54, 1.807) is 0 Å². The minimum atomic E-state index is 0.357. The number of hydrogen-bond donors (Lipinski definition) is 2. The van der Waals surface area contributed by atoms with Gasteiger partial charge in [0, 0.05) is 12.0 Å². The first-order valence-electron chi connectivity index (χ1n) is 9.33. The predicted molar refractivity (Wildman–Crippen MR) is 106 cm³/mol. The molecule has 142 valence electrons. The van der Waals surface area contributed by atoms with Gasteiger partial charge in [-0.1, -0.05) is 55.5 Å². The van der Waals surface area contributed by atoms with Crippen LogP contribution in [0.5, 0.6) is 0 Å². The molecule has 8 nitrogen and oxygen atoms in total. The highest BCUT2D eigenvalue weighted by molar-refractivity contribution is 5.80. The van der Waals surface area contributed by atoms with Crippen molar-refractivity contribution in [1.82, 2.24) is 35.4 Å². The zero-order chi connectivity index (χ0) is 19.3. The maximum absolute atomic E-state index is 5.70. The van der Waals surface area contributed by atoms with Crippen LogP contribution in [0.4, 0.5) is 0 Å². The summed E-state index contributed by atoms with van der Waals surface area (Å²) in [7, 11) is 0. The van der Waals surface area contributed by atoms with E-state index in [-0.39, 0.29) is 0 Å². The number of aryl methyl sites for hydroxylation is 1. The Morgan fingerprint density at radius 3 is 2.50 bits per heavy atom. The molecule has 4 aromatic rings. The molecule has 0 aliphatic heterocycles. The van der Waals surface area contributed by atoms with Crippen molar-refractivity contribution < 1.29 is 0 Å². The lowest BCUT2D eigenvalue weighted by molar-refractivity contribution is 0.624. The number of nitrogens with zero attached hydrogens (tertiary/aromatic N) is 6. The number of aromatic amines is 1. The Kier molecular flexibility index (Phi) is 5.20. The highest BCUT2D eigenvalue weighted by Crippen LogP contribution is 2.29. The van der Waals surface area contributed by atoms with Gasteiger partial charge in [-0.15, -0.1) is 10.2 Å². The Labute approximate surface area is 162 Å². The van der Waals surface area contributed by atoms with Crippen LogP contribution in [0.15, 0.2) is 48.5 Å². The van der Waals surface area contributed by atoms with Crippen molar-refractivity contribution in [2.24, 2.45) is 5.73 Å². The van der Waals surface area contributed by atoms with Crippen LogP contribution in [0, 0.1) is 0 Å². The number of tetrazole rings is 1. The summed E-state index contributed by atoms with van der Waals surface area (Å²) in [5.41, 5.74) is 9.97. The fourth-order valence-corrected chi connectivity index (χ4v) is 3.22. The maximum Gasteiger partial charge on any atom is 0.205 e. The topological polar surface area (TPSA) is 111 Å². The molecule has 0 amide bonds.